The summed E-state index contributed by atoms with van der Waals surface area (Å²) in [4.78, 5) is 26.2. The fourth-order valence-electron chi connectivity index (χ4n) is 1.84. The number of carbonyl (C=O) groups is 1. The molecule has 0 atom stereocenters. The third kappa shape index (κ3) is 4.15. The lowest BCUT2D eigenvalue weighted by Crippen LogP contribution is -2.34. The molecule has 1 amide bonds. The topological polar surface area (TPSA) is 99.8 Å². The average Bonchev–Trinajstić information content (AvgIpc) is 2.45. The van der Waals surface area contributed by atoms with Gasteiger partial charge in [0.05, 0.1) is 6.42 Å². The number of aromatic amines is 1. The van der Waals surface area contributed by atoms with Crippen molar-refractivity contribution in [3.8, 4) is 0 Å². The lowest BCUT2D eigenvalue weighted by Gasteiger charge is -2.15. The van der Waals surface area contributed by atoms with Crippen molar-refractivity contribution >= 4 is 11.9 Å². The second-order valence-electron chi connectivity index (χ2n) is 5.94. The molecule has 116 valence electrons. The molecule has 2 aromatic rings. The van der Waals surface area contributed by atoms with Crippen LogP contribution in [-0.4, -0.2) is 21.1 Å². The Morgan fingerprint density at radius 3 is 2.45 bits per heavy atom. The van der Waals surface area contributed by atoms with Gasteiger partial charge in [-0.1, -0.05) is 51.1 Å². The number of anilines is 1. The maximum absolute atomic E-state index is 11.9. The molecule has 2 rings (SSSR count). The van der Waals surface area contributed by atoms with Gasteiger partial charge in [-0.3, -0.25) is 25.4 Å². The first-order valence-corrected chi connectivity index (χ1v) is 6.92. The number of hydrogen-bond acceptors (Lipinski definition) is 5. The van der Waals surface area contributed by atoms with E-state index in [-0.39, 0.29) is 23.8 Å². The van der Waals surface area contributed by atoms with E-state index < -0.39 is 5.41 Å². The van der Waals surface area contributed by atoms with Gasteiger partial charge in [0.25, 0.3) is 5.56 Å². The van der Waals surface area contributed by atoms with E-state index in [9.17, 15) is 9.59 Å². The van der Waals surface area contributed by atoms with Gasteiger partial charge in [0, 0.05) is 5.41 Å². The van der Waals surface area contributed by atoms with Gasteiger partial charge in [0.2, 0.25) is 11.9 Å². The molecule has 0 aliphatic heterocycles. The van der Waals surface area contributed by atoms with E-state index in [1.54, 1.807) is 0 Å². The van der Waals surface area contributed by atoms with Crippen molar-refractivity contribution < 1.29 is 4.79 Å². The zero-order valence-corrected chi connectivity index (χ0v) is 12.8. The summed E-state index contributed by atoms with van der Waals surface area (Å²) in [7, 11) is 0. The van der Waals surface area contributed by atoms with Crippen LogP contribution in [0, 0.1) is 0 Å². The van der Waals surface area contributed by atoms with Gasteiger partial charge >= 0.3 is 0 Å². The third-order valence-electron chi connectivity index (χ3n) is 2.94. The number of nitrogens with zero attached hydrogens (tertiary/aromatic N) is 2. The molecule has 1 aromatic heterocycles. The molecule has 0 fully saturated rings. The first-order valence-electron chi connectivity index (χ1n) is 6.92. The van der Waals surface area contributed by atoms with Crippen LogP contribution in [0.4, 0.5) is 5.95 Å². The van der Waals surface area contributed by atoms with Crippen molar-refractivity contribution in [3.05, 3.63) is 51.9 Å². The molecule has 1 heterocycles. The first kappa shape index (κ1) is 15.7. The second-order valence-corrected chi connectivity index (χ2v) is 5.94. The van der Waals surface area contributed by atoms with Crippen molar-refractivity contribution in [3.63, 3.8) is 0 Å². The molecule has 0 bridgehead atoms. The van der Waals surface area contributed by atoms with Gasteiger partial charge in [0.1, 0.15) is 5.69 Å². The van der Waals surface area contributed by atoms with Crippen molar-refractivity contribution in [2.45, 2.75) is 32.6 Å². The van der Waals surface area contributed by atoms with E-state index in [1.165, 1.54) is 0 Å². The largest absolute Gasteiger partial charge is 0.288 e. The van der Waals surface area contributed by atoms with E-state index in [0.29, 0.717) is 5.69 Å². The fourth-order valence-corrected chi connectivity index (χ4v) is 1.84. The minimum atomic E-state index is -0.393. The van der Waals surface area contributed by atoms with Gasteiger partial charge in [-0.05, 0) is 5.56 Å². The normalized spacial score (nSPS) is 11.0. The Morgan fingerprint density at radius 1 is 1.18 bits per heavy atom. The number of hydrogen-bond donors (Lipinski definition) is 3. The second kappa shape index (κ2) is 6.38. The van der Waals surface area contributed by atoms with Gasteiger partial charge in [-0.25, -0.2) is 0 Å². The quantitative estimate of drug-likeness (QED) is 0.736. The summed E-state index contributed by atoms with van der Waals surface area (Å²) in [5.74, 6) is -0.145. The molecule has 1 aromatic carbocycles. The number of hydrazine groups is 1. The van der Waals surface area contributed by atoms with Crippen molar-refractivity contribution in [1.82, 2.24) is 20.6 Å². The Hall–Kier alpha value is -2.70. The SMILES string of the molecule is CC(C)(C)c1nnc(NNC(=O)Cc2ccccc2)[nH]c1=O. The summed E-state index contributed by atoms with van der Waals surface area (Å²) < 4.78 is 0. The summed E-state index contributed by atoms with van der Waals surface area (Å²) in [5, 5.41) is 7.76. The Balaban J connectivity index is 1.96. The molecule has 7 nitrogen and oxygen atoms in total. The van der Waals surface area contributed by atoms with Crippen LogP contribution in [-0.2, 0) is 16.6 Å². The average molecular weight is 301 g/mol. The Morgan fingerprint density at radius 2 is 1.86 bits per heavy atom. The minimum Gasteiger partial charge on any atom is -0.288 e. The highest BCUT2D eigenvalue weighted by Crippen LogP contribution is 2.15. The fraction of sp³-hybridized carbons (Fsp3) is 0.333. The molecule has 22 heavy (non-hydrogen) atoms. The molecule has 0 saturated carbocycles. The van der Waals surface area contributed by atoms with E-state index in [2.05, 4.69) is 26.0 Å². The van der Waals surface area contributed by atoms with Gasteiger partial charge in [-0.15, -0.1) is 10.2 Å². The van der Waals surface area contributed by atoms with Gasteiger partial charge in [-0.2, -0.15) is 0 Å². The van der Waals surface area contributed by atoms with Crippen LogP contribution in [0.15, 0.2) is 35.1 Å². The molecular formula is C15H19N5O2. The molecular weight excluding hydrogens is 282 g/mol. The van der Waals surface area contributed by atoms with Crippen LogP contribution in [0.2, 0.25) is 0 Å². The standard InChI is InChI=1S/C15H19N5O2/c1-15(2,3)12-13(22)16-14(20-18-12)19-17-11(21)9-10-7-5-4-6-8-10/h4-8H,9H2,1-3H3,(H,17,21)(H2,16,19,20,22). The van der Waals surface area contributed by atoms with Crippen LogP contribution < -0.4 is 16.4 Å². The highest BCUT2D eigenvalue weighted by Gasteiger charge is 2.20. The van der Waals surface area contributed by atoms with Crippen LogP contribution in [0.3, 0.4) is 0 Å². The minimum absolute atomic E-state index is 0.0967. The Kier molecular flexibility index (Phi) is 4.55. The predicted octanol–water partition coefficient (Wildman–Crippen LogP) is 1.15. The lowest BCUT2D eigenvalue weighted by atomic mass is 9.93. The van der Waals surface area contributed by atoms with Gasteiger partial charge < -0.3 is 0 Å². The van der Waals surface area contributed by atoms with Crippen molar-refractivity contribution in [1.29, 1.82) is 0 Å². The molecule has 7 heteroatoms. The van der Waals surface area contributed by atoms with Crippen molar-refractivity contribution in [2.75, 3.05) is 5.43 Å². The third-order valence-corrected chi connectivity index (χ3v) is 2.94. The maximum atomic E-state index is 11.9. The molecule has 3 N–H and O–H groups in total. The molecule has 0 saturated heterocycles. The van der Waals surface area contributed by atoms with Crippen LogP contribution in [0.25, 0.3) is 0 Å². The summed E-state index contributed by atoms with van der Waals surface area (Å²) in [6, 6.07) is 9.34. The number of benzene rings is 1. The Labute approximate surface area is 128 Å². The maximum Gasteiger partial charge on any atom is 0.274 e. The molecule has 0 aliphatic carbocycles. The van der Waals surface area contributed by atoms with E-state index in [0.717, 1.165) is 5.56 Å². The number of carbonyl (C=O) groups excluding carboxylic acids is 1. The van der Waals surface area contributed by atoms with Crippen LogP contribution in [0.1, 0.15) is 32.0 Å². The first-order chi connectivity index (χ1) is 10.4. The Bertz CT molecular complexity index is 704. The summed E-state index contributed by atoms with van der Waals surface area (Å²) in [5.41, 5.74) is 5.54. The smallest absolute Gasteiger partial charge is 0.274 e. The van der Waals surface area contributed by atoms with E-state index >= 15 is 0 Å². The zero-order chi connectivity index (χ0) is 16.2. The number of aromatic nitrogens is 3. The van der Waals surface area contributed by atoms with E-state index in [4.69, 9.17) is 0 Å². The molecule has 0 radical (unpaired) electrons. The summed E-state index contributed by atoms with van der Waals surface area (Å²) in [6.45, 7) is 5.63. The highest BCUT2D eigenvalue weighted by molar-refractivity contribution is 5.79. The number of amides is 1. The monoisotopic (exact) mass is 301 g/mol. The lowest BCUT2D eigenvalue weighted by molar-refractivity contribution is -0.119. The number of H-pyrrole nitrogens is 1. The summed E-state index contributed by atoms with van der Waals surface area (Å²) in [6.07, 6.45) is 0.228. The molecule has 0 spiro atoms. The van der Waals surface area contributed by atoms with E-state index in [1.807, 2.05) is 51.1 Å². The molecule has 0 aliphatic rings. The predicted molar refractivity (Wildman–Crippen MR) is 83.3 cm³/mol. The highest BCUT2D eigenvalue weighted by atomic mass is 16.2. The van der Waals surface area contributed by atoms with Crippen LogP contribution in [0.5, 0.6) is 0 Å². The summed E-state index contributed by atoms with van der Waals surface area (Å²) >= 11 is 0. The van der Waals surface area contributed by atoms with Crippen molar-refractivity contribution in [2.24, 2.45) is 0 Å². The zero-order valence-electron chi connectivity index (χ0n) is 12.8. The molecule has 0 unspecified atom stereocenters. The number of rotatable bonds is 4. The van der Waals surface area contributed by atoms with Crippen LogP contribution >= 0.6 is 0 Å². The van der Waals surface area contributed by atoms with Gasteiger partial charge in [0.15, 0.2) is 0 Å². The number of nitrogens with one attached hydrogen (secondary N) is 3.